The molecule has 0 bridgehead atoms. The number of nitrogens with one attached hydrogen (secondary N) is 1. The third-order valence-corrected chi connectivity index (χ3v) is 4.69. The number of aromatic nitrogens is 1. The van der Waals surface area contributed by atoms with Crippen molar-refractivity contribution in [2.45, 2.75) is 25.6 Å². The van der Waals surface area contributed by atoms with Crippen molar-refractivity contribution in [2.75, 3.05) is 20.2 Å². The predicted molar refractivity (Wildman–Crippen MR) is 83.3 cm³/mol. The van der Waals surface area contributed by atoms with E-state index in [0.29, 0.717) is 13.2 Å². The molecule has 1 saturated heterocycles. The highest BCUT2D eigenvalue weighted by molar-refractivity contribution is 7.18. The van der Waals surface area contributed by atoms with E-state index in [1.165, 1.54) is 0 Å². The molecule has 1 aliphatic heterocycles. The van der Waals surface area contributed by atoms with Gasteiger partial charge in [-0.3, -0.25) is 4.79 Å². The first-order valence-electron chi connectivity index (χ1n) is 7.09. The summed E-state index contributed by atoms with van der Waals surface area (Å²) in [5.74, 6) is 0.0569. The zero-order chi connectivity index (χ0) is 14.8. The lowest BCUT2D eigenvalue weighted by molar-refractivity contribution is -0.138. The number of amides is 1. The zero-order valence-corrected chi connectivity index (χ0v) is 13.0. The van der Waals surface area contributed by atoms with E-state index in [1.807, 2.05) is 32.2 Å². The number of hydrogen-bond donors (Lipinski definition) is 1. The number of thiazole rings is 1. The summed E-state index contributed by atoms with van der Waals surface area (Å²) in [5.41, 5.74) is 0.992. The Kier molecular flexibility index (Phi) is 4.19. The van der Waals surface area contributed by atoms with Crippen molar-refractivity contribution in [1.82, 2.24) is 15.2 Å². The number of carbonyl (C=O) groups is 1. The molecule has 1 amide bonds. The molecule has 2 aromatic rings. The largest absolute Gasteiger partial charge is 0.375 e. The number of fused-ring (bicyclic) bond motifs is 1. The van der Waals surface area contributed by atoms with Crippen LogP contribution < -0.4 is 5.32 Å². The average Bonchev–Trinajstić information content (AvgIpc) is 2.89. The maximum Gasteiger partial charge on any atom is 0.242 e. The lowest BCUT2D eigenvalue weighted by atomic mass is 10.1. The number of likely N-dealkylation sites (N-methyl/N-ethyl adjacent to an activating group) is 1. The maximum atomic E-state index is 12.5. The molecule has 0 saturated carbocycles. The van der Waals surface area contributed by atoms with Gasteiger partial charge in [-0.2, -0.15) is 0 Å². The highest BCUT2D eigenvalue weighted by atomic mass is 32.1. The number of carbonyl (C=O) groups excluding carboxylic acids is 1. The molecule has 21 heavy (non-hydrogen) atoms. The topological polar surface area (TPSA) is 54.5 Å². The summed E-state index contributed by atoms with van der Waals surface area (Å²) in [4.78, 5) is 18.8. The van der Waals surface area contributed by atoms with Crippen molar-refractivity contribution in [3.05, 3.63) is 29.3 Å². The molecule has 112 valence electrons. The number of rotatable bonds is 3. The normalized spacial score (nSPS) is 22.4. The fourth-order valence-corrected chi connectivity index (χ4v) is 3.54. The summed E-state index contributed by atoms with van der Waals surface area (Å²) >= 11 is 1.63. The van der Waals surface area contributed by atoms with Crippen LogP contribution in [0.2, 0.25) is 0 Å². The zero-order valence-electron chi connectivity index (χ0n) is 12.2. The van der Waals surface area contributed by atoms with Gasteiger partial charge in [-0.1, -0.05) is 12.1 Å². The van der Waals surface area contributed by atoms with Crippen LogP contribution in [0.3, 0.4) is 0 Å². The molecular weight excluding hydrogens is 286 g/mol. The van der Waals surface area contributed by atoms with E-state index < -0.39 is 0 Å². The van der Waals surface area contributed by atoms with Gasteiger partial charge in [-0.05, 0) is 19.1 Å². The van der Waals surface area contributed by atoms with Crippen LogP contribution >= 0.6 is 11.3 Å². The van der Waals surface area contributed by atoms with Gasteiger partial charge in [-0.25, -0.2) is 4.98 Å². The lowest BCUT2D eigenvalue weighted by Crippen LogP contribution is -2.55. The predicted octanol–water partition coefficient (Wildman–Crippen LogP) is 1.63. The summed E-state index contributed by atoms with van der Waals surface area (Å²) in [5, 5.41) is 4.18. The minimum absolute atomic E-state index is 0.0569. The standard InChI is InChI=1S/C15H19N3O2S/c1-10-14(16-7-8-20-10)15(19)18(2)9-13-17-11-5-3-4-6-12(11)21-13/h3-6,10,14,16H,7-9H2,1-2H3/t10-,14+/m1/s1. The van der Waals surface area contributed by atoms with Crippen LogP contribution in [0.25, 0.3) is 10.2 Å². The van der Waals surface area contributed by atoms with E-state index in [1.54, 1.807) is 16.2 Å². The Bertz CT molecular complexity index is 610. The van der Waals surface area contributed by atoms with Crippen molar-refractivity contribution < 1.29 is 9.53 Å². The van der Waals surface area contributed by atoms with E-state index in [-0.39, 0.29) is 18.1 Å². The second kappa shape index (κ2) is 6.09. The van der Waals surface area contributed by atoms with Gasteiger partial charge >= 0.3 is 0 Å². The van der Waals surface area contributed by atoms with Gasteiger partial charge < -0.3 is 15.0 Å². The number of para-hydroxylation sites is 1. The minimum Gasteiger partial charge on any atom is -0.375 e. The Morgan fingerprint density at radius 1 is 1.52 bits per heavy atom. The van der Waals surface area contributed by atoms with Crippen molar-refractivity contribution >= 4 is 27.5 Å². The van der Waals surface area contributed by atoms with E-state index in [9.17, 15) is 4.79 Å². The summed E-state index contributed by atoms with van der Waals surface area (Å²) < 4.78 is 6.69. The molecule has 6 heteroatoms. The molecule has 0 spiro atoms. The monoisotopic (exact) mass is 305 g/mol. The molecule has 0 unspecified atom stereocenters. The summed E-state index contributed by atoms with van der Waals surface area (Å²) in [6.07, 6.45) is -0.0935. The number of benzene rings is 1. The number of morpholine rings is 1. The van der Waals surface area contributed by atoms with E-state index >= 15 is 0 Å². The van der Waals surface area contributed by atoms with Crippen molar-refractivity contribution in [2.24, 2.45) is 0 Å². The molecule has 1 aliphatic rings. The van der Waals surface area contributed by atoms with Crippen LogP contribution in [0, 0.1) is 0 Å². The Morgan fingerprint density at radius 3 is 3.10 bits per heavy atom. The minimum atomic E-state index is -0.266. The van der Waals surface area contributed by atoms with Gasteiger partial charge in [0.25, 0.3) is 0 Å². The Morgan fingerprint density at radius 2 is 2.33 bits per heavy atom. The van der Waals surface area contributed by atoms with Crippen molar-refractivity contribution in [3.8, 4) is 0 Å². The molecule has 0 radical (unpaired) electrons. The van der Waals surface area contributed by atoms with Gasteiger partial charge in [0.2, 0.25) is 5.91 Å². The fraction of sp³-hybridized carbons (Fsp3) is 0.467. The van der Waals surface area contributed by atoms with Gasteiger partial charge in [-0.15, -0.1) is 11.3 Å². The summed E-state index contributed by atoms with van der Waals surface area (Å²) in [7, 11) is 1.82. The molecular formula is C15H19N3O2S. The summed E-state index contributed by atoms with van der Waals surface area (Å²) in [6.45, 7) is 3.84. The first kappa shape index (κ1) is 14.4. The van der Waals surface area contributed by atoms with Crippen LogP contribution in [0.4, 0.5) is 0 Å². The number of hydrogen-bond acceptors (Lipinski definition) is 5. The molecule has 0 aliphatic carbocycles. The molecule has 5 nitrogen and oxygen atoms in total. The van der Waals surface area contributed by atoms with Crippen molar-refractivity contribution in [1.29, 1.82) is 0 Å². The van der Waals surface area contributed by atoms with Crippen LogP contribution in [0.15, 0.2) is 24.3 Å². The van der Waals surface area contributed by atoms with Gasteiger partial charge in [0.1, 0.15) is 11.0 Å². The third kappa shape index (κ3) is 3.07. The SMILES string of the molecule is C[C@H]1OCCN[C@@H]1C(=O)N(C)Cc1nc2ccccc2s1. The Labute approximate surface area is 127 Å². The summed E-state index contributed by atoms with van der Waals surface area (Å²) in [6, 6.07) is 7.76. The van der Waals surface area contributed by atoms with Crippen LogP contribution in [-0.4, -0.2) is 48.1 Å². The van der Waals surface area contributed by atoms with Gasteiger partial charge in [0, 0.05) is 13.6 Å². The Balaban J connectivity index is 1.70. The number of nitrogens with zero attached hydrogens (tertiary/aromatic N) is 2. The lowest BCUT2D eigenvalue weighted by Gasteiger charge is -2.32. The third-order valence-electron chi connectivity index (χ3n) is 3.67. The molecule has 1 aromatic carbocycles. The molecule has 2 heterocycles. The maximum absolute atomic E-state index is 12.5. The Hall–Kier alpha value is -1.50. The first-order chi connectivity index (χ1) is 10.1. The van der Waals surface area contributed by atoms with E-state index in [0.717, 1.165) is 21.8 Å². The second-order valence-corrected chi connectivity index (χ2v) is 6.39. The number of ether oxygens (including phenoxy) is 1. The van der Waals surface area contributed by atoms with Crippen LogP contribution in [-0.2, 0) is 16.1 Å². The molecule has 1 N–H and O–H groups in total. The highest BCUT2D eigenvalue weighted by Gasteiger charge is 2.30. The molecule has 2 atom stereocenters. The van der Waals surface area contributed by atoms with Gasteiger partial charge in [0.15, 0.2) is 0 Å². The molecule has 1 aromatic heterocycles. The highest BCUT2D eigenvalue weighted by Crippen LogP contribution is 2.22. The first-order valence-corrected chi connectivity index (χ1v) is 7.91. The van der Waals surface area contributed by atoms with Gasteiger partial charge in [0.05, 0.1) is 29.5 Å². The molecule has 1 fully saturated rings. The second-order valence-electron chi connectivity index (χ2n) is 5.28. The van der Waals surface area contributed by atoms with Crippen molar-refractivity contribution in [3.63, 3.8) is 0 Å². The molecule has 3 rings (SSSR count). The van der Waals surface area contributed by atoms with E-state index in [4.69, 9.17) is 4.74 Å². The van der Waals surface area contributed by atoms with E-state index in [2.05, 4.69) is 16.4 Å². The smallest absolute Gasteiger partial charge is 0.242 e. The fourth-order valence-electron chi connectivity index (χ4n) is 2.52. The van der Waals surface area contributed by atoms with Crippen LogP contribution in [0.5, 0.6) is 0 Å². The average molecular weight is 305 g/mol. The van der Waals surface area contributed by atoms with Crippen LogP contribution in [0.1, 0.15) is 11.9 Å². The quantitative estimate of drug-likeness (QED) is 0.936.